The number of hydrogen-bond acceptors (Lipinski definition) is 3. The molecule has 0 atom stereocenters. The first kappa shape index (κ1) is 11.3. The maximum Gasteiger partial charge on any atom is 0.203 e. The zero-order valence-corrected chi connectivity index (χ0v) is 10.0. The molecule has 82 valence electrons. The molecule has 0 aliphatic heterocycles. The van der Waals surface area contributed by atoms with Gasteiger partial charge in [0.15, 0.2) is 0 Å². The van der Waals surface area contributed by atoms with E-state index in [0.29, 0.717) is 21.3 Å². The van der Waals surface area contributed by atoms with Crippen LogP contribution in [-0.4, -0.2) is 5.78 Å². The third-order valence-electron chi connectivity index (χ3n) is 2.22. The van der Waals surface area contributed by atoms with Gasteiger partial charge in [0.25, 0.3) is 0 Å². The second-order valence-electron chi connectivity index (χ2n) is 3.34. The van der Waals surface area contributed by atoms with Crippen LogP contribution in [0.4, 0.5) is 0 Å². The summed E-state index contributed by atoms with van der Waals surface area (Å²) in [6, 6.07) is 10.8. The molecule has 2 nitrogen and oxygen atoms in total. The lowest BCUT2D eigenvalue weighted by molar-refractivity contribution is 0.104. The minimum absolute atomic E-state index is 0.00722. The molecular formula is C12H10ClNOS. The SMILES string of the molecule is NCc1cccc(C(=O)c2ccc(Cl)s2)c1. The molecule has 4 heteroatoms. The van der Waals surface area contributed by atoms with E-state index < -0.39 is 0 Å². The summed E-state index contributed by atoms with van der Waals surface area (Å²) < 4.78 is 0.623. The fraction of sp³-hybridized carbons (Fsp3) is 0.0833. The second-order valence-corrected chi connectivity index (χ2v) is 5.05. The van der Waals surface area contributed by atoms with Crippen molar-refractivity contribution in [2.24, 2.45) is 5.73 Å². The van der Waals surface area contributed by atoms with Gasteiger partial charge in [-0.15, -0.1) is 11.3 Å². The normalized spacial score (nSPS) is 10.4. The highest BCUT2D eigenvalue weighted by molar-refractivity contribution is 7.18. The molecule has 0 aliphatic rings. The Hall–Kier alpha value is -1.16. The Balaban J connectivity index is 2.33. The number of carbonyl (C=O) groups excluding carboxylic acids is 1. The van der Waals surface area contributed by atoms with E-state index in [4.69, 9.17) is 17.3 Å². The first-order valence-corrected chi connectivity index (χ1v) is 5.99. The van der Waals surface area contributed by atoms with Gasteiger partial charge in [0, 0.05) is 12.1 Å². The van der Waals surface area contributed by atoms with E-state index >= 15 is 0 Å². The van der Waals surface area contributed by atoms with Crippen LogP contribution in [0.5, 0.6) is 0 Å². The summed E-state index contributed by atoms with van der Waals surface area (Å²) in [4.78, 5) is 12.7. The van der Waals surface area contributed by atoms with Gasteiger partial charge in [-0.25, -0.2) is 0 Å². The number of ketones is 1. The quantitative estimate of drug-likeness (QED) is 0.852. The molecular weight excluding hydrogens is 242 g/mol. The van der Waals surface area contributed by atoms with Crippen LogP contribution in [0, 0.1) is 0 Å². The average Bonchev–Trinajstić information content (AvgIpc) is 2.75. The van der Waals surface area contributed by atoms with Crippen molar-refractivity contribution in [2.75, 3.05) is 0 Å². The zero-order chi connectivity index (χ0) is 11.5. The molecule has 0 fully saturated rings. The number of carbonyl (C=O) groups is 1. The van der Waals surface area contributed by atoms with Crippen molar-refractivity contribution in [3.63, 3.8) is 0 Å². The molecule has 2 N–H and O–H groups in total. The molecule has 0 unspecified atom stereocenters. The highest BCUT2D eigenvalue weighted by Crippen LogP contribution is 2.24. The fourth-order valence-electron chi connectivity index (χ4n) is 1.42. The summed E-state index contributed by atoms with van der Waals surface area (Å²) in [6.07, 6.45) is 0. The Morgan fingerprint density at radius 1 is 1.31 bits per heavy atom. The van der Waals surface area contributed by atoms with E-state index in [0.717, 1.165) is 5.56 Å². The Bertz CT molecular complexity index is 521. The smallest absolute Gasteiger partial charge is 0.203 e. The van der Waals surface area contributed by atoms with Crippen molar-refractivity contribution in [3.8, 4) is 0 Å². The van der Waals surface area contributed by atoms with E-state index in [1.54, 1.807) is 18.2 Å². The number of thiophene rings is 1. The van der Waals surface area contributed by atoms with Crippen LogP contribution >= 0.6 is 22.9 Å². The molecule has 0 saturated carbocycles. The summed E-state index contributed by atoms with van der Waals surface area (Å²) in [5, 5.41) is 0. The first-order chi connectivity index (χ1) is 7.70. The van der Waals surface area contributed by atoms with E-state index in [1.165, 1.54) is 11.3 Å². The number of rotatable bonds is 3. The van der Waals surface area contributed by atoms with Gasteiger partial charge in [0.1, 0.15) is 0 Å². The molecule has 16 heavy (non-hydrogen) atoms. The van der Waals surface area contributed by atoms with Crippen LogP contribution in [0.15, 0.2) is 36.4 Å². The maximum atomic E-state index is 12.0. The van der Waals surface area contributed by atoms with E-state index in [1.807, 2.05) is 18.2 Å². The van der Waals surface area contributed by atoms with Gasteiger partial charge in [0.2, 0.25) is 5.78 Å². The van der Waals surface area contributed by atoms with E-state index in [9.17, 15) is 4.79 Å². The summed E-state index contributed by atoms with van der Waals surface area (Å²) in [5.74, 6) is -0.00722. The first-order valence-electron chi connectivity index (χ1n) is 4.80. The molecule has 1 heterocycles. The van der Waals surface area contributed by atoms with Crippen molar-refractivity contribution < 1.29 is 4.79 Å². The zero-order valence-electron chi connectivity index (χ0n) is 8.44. The van der Waals surface area contributed by atoms with Crippen molar-refractivity contribution in [1.82, 2.24) is 0 Å². The largest absolute Gasteiger partial charge is 0.326 e. The highest BCUT2D eigenvalue weighted by atomic mass is 35.5. The summed E-state index contributed by atoms with van der Waals surface area (Å²) >= 11 is 7.09. The van der Waals surface area contributed by atoms with Gasteiger partial charge in [0.05, 0.1) is 9.21 Å². The summed E-state index contributed by atoms with van der Waals surface area (Å²) in [7, 11) is 0. The minimum Gasteiger partial charge on any atom is -0.326 e. The Labute approximate surface area is 103 Å². The van der Waals surface area contributed by atoms with Crippen molar-refractivity contribution >= 4 is 28.7 Å². The lowest BCUT2D eigenvalue weighted by Crippen LogP contribution is -2.02. The van der Waals surface area contributed by atoms with E-state index in [2.05, 4.69) is 0 Å². The van der Waals surface area contributed by atoms with Gasteiger partial charge in [-0.2, -0.15) is 0 Å². The second kappa shape index (κ2) is 4.78. The highest BCUT2D eigenvalue weighted by Gasteiger charge is 2.11. The minimum atomic E-state index is -0.00722. The van der Waals surface area contributed by atoms with Crippen LogP contribution < -0.4 is 5.73 Å². The number of benzene rings is 1. The molecule has 0 saturated heterocycles. The number of halogens is 1. The molecule has 2 rings (SSSR count). The summed E-state index contributed by atoms with van der Waals surface area (Å²) in [5.41, 5.74) is 7.14. The van der Waals surface area contributed by atoms with Crippen LogP contribution in [0.2, 0.25) is 4.34 Å². The lowest BCUT2D eigenvalue weighted by atomic mass is 10.1. The van der Waals surface area contributed by atoms with Crippen molar-refractivity contribution in [3.05, 3.63) is 56.7 Å². The van der Waals surface area contributed by atoms with E-state index in [-0.39, 0.29) is 5.78 Å². The molecule has 2 aromatic rings. The monoisotopic (exact) mass is 251 g/mol. The summed E-state index contributed by atoms with van der Waals surface area (Å²) in [6.45, 7) is 0.437. The topological polar surface area (TPSA) is 43.1 Å². The predicted molar refractivity (Wildman–Crippen MR) is 67.1 cm³/mol. The maximum absolute atomic E-state index is 12.0. The molecule has 0 radical (unpaired) electrons. The molecule has 1 aromatic carbocycles. The fourth-order valence-corrected chi connectivity index (χ4v) is 2.42. The average molecular weight is 252 g/mol. The predicted octanol–water partition coefficient (Wildman–Crippen LogP) is 3.09. The molecule has 0 bridgehead atoms. The standard InChI is InChI=1S/C12H10ClNOS/c13-11-5-4-10(16-11)12(15)9-3-1-2-8(6-9)7-14/h1-6H,7,14H2. The Morgan fingerprint density at radius 3 is 2.75 bits per heavy atom. The number of nitrogens with two attached hydrogens (primary N) is 1. The van der Waals surface area contributed by atoms with Crippen molar-refractivity contribution in [1.29, 1.82) is 0 Å². The van der Waals surface area contributed by atoms with Crippen LogP contribution in [0.1, 0.15) is 20.8 Å². The third kappa shape index (κ3) is 2.32. The van der Waals surface area contributed by atoms with Gasteiger partial charge in [-0.05, 0) is 23.8 Å². The molecule has 0 amide bonds. The van der Waals surface area contributed by atoms with Gasteiger partial charge in [-0.3, -0.25) is 4.79 Å². The third-order valence-corrected chi connectivity index (χ3v) is 3.45. The van der Waals surface area contributed by atoms with Crippen LogP contribution in [0.25, 0.3) is 0 Å². The van der Waals surface area contributed by atoms with Crippen molar-refractivity contribution in [2.45, 2.75) is 6.54 Å². The van der Waals surface area contributed by atoms with Gasteiger partial charge >= 0.3 is 0 Å². The molecule has 1 aromatic heterocycles. The van der Waals surface area contributed by atoms with Crippen LogP contribution in [-0.2, 0) is 6.54 Å². The number of hydrogen-bond donors (Lipinski definition) is 1. The van der Waals surface area contributed by atoms with Gasteiger partial charge in [-0.1, -0.05) is 29.8 Å². The molecule has 0 aliphatic carbocycles. The Morgan fingerprint density at radius 2 is 2.12 bits per heavy atom. The van der Waals surface area contributed by atoms with Crippen LogP contribution in [0.3, 0.4) is 0 Å². The molecule has 0 spiro atoms. The lowest BCUT2D eigenvalue weighted by Gasteiger charge is -2.00. The Kier molecular flexibility index (Phi) is 3.39. The van der Waals surface area contributed by atoms with Gasteiger partial charge < -0.3 is 5.73 Å².